The predicted octanol–water partition coefficient (Wildman–Crippen LogP) is 8.02. The maximum absolute atomic E-state index is 12.7. The van der Waals surface area contributed by atoms with Gasteiger partial charge in [-0.05, 0) is 40.1 Å². The molecule has 5 aromatic rings. The lowest BCUT2D eigenvalue weighted by molar-refractivity contribution is 0.120. The van der Waals surface area contributed by atoms with Crippen molar-refractivity contribution < 1.29 is 5.11 Å². The number of hydrogen-bond donors (Lipinski definition) is 1. The minimum atomic E-state index is -1.26. The van der Waals surface area contributed by atoms with Crippen molar-refractivity contribution in [2.75, 3.05) is 0 Å². The molecular formula is C29H19BrOS. The summed E-state index contributed by atoms with van der Waals surface area (Å²) in [5.41, 5.74) is 3.76. The van der Waals surface area contributed by atoms with Crippen molar-refractivity contribution in [1.29, 1.82) is 0 Å². The van der Waals surface area contributed by atoms with Gasteiger partial charge in [-0.3, -0.25) is 0 Å². The quantitative estimate of drug-likeness (QED) is 0.268. The SMILES string of the molecule is OC1(c2cccc3cccc(-c4ccccc4)c23)c2ccccc2Sc2cc(Br)ccc21. The normalized spacial score (nSPS) is 17.1. The van der Waals surface area contributed by atoms with Crippen molar-refractivity contribution in [1.82, 2.24) is 0 Å². The Balaban J connectivity index is 1.74. The molecule has 32 heavy (non-hydrogen) atoms. The minimum Gasteiger partial charge on any atom is -0.376 e. The van der Waals surface area contributed by atoms with Gasteiger partial charge in [-0.2, -0.15) is 0 Å². The number of aliphatic hydroxyl groups is 1. The van der Waals surface area contributed by atoms with Crippen molar-refractivity contribution in [3.8, 4) is 11.1 Å². The first-order chi connectivity index (χ1) is 15.7. The second-order valence-electron chi connectivity index (χ2n) is 8.02. The van der Waals surface area contributed by atoms with Crippen LogP contribution in [0, 0.1) is 0 Å². The molecule has 1 unspecified atom stereocenters. The fourth-order valence-electron chi connectivity index (χ4n) is 4.79. The summed E-state index contributed by atoms with van der Waals surface area (Å²) >= 11 is 5.32. The third-order valence-electron chi connectivity index (χ3n) is 6.21. The van der Waals surface area contributed by atoms with Gasteiger partial charge in [0.25, 0.3) is 0 Å². The second-order valence-corrected chi connectivity index (χ2v) is 10.0. The Morgan fingerprint density at radius 3 is 2.16 bits per heavy atom. The van der Waals surface area contributed by atoms with Gasteiger partial charge in [-0.25, -0.2) is 0 Å². The summed E-state index contributed by atoms with van der Waals surface area (Å²) < 4.78 is 1.01. The zero-order valence-corrected chi connectivity index (χ0v) is 19.5. The summed E-state index contributed by atoms with van der Waals surface area (Å²) in [7, 11) is 0. The molecule has 0 aliphatic carbocycles. The molecule has 0 aromatic heterocycles. The minimum absolute atomic E-state index is 0.908. The molecule has 0 amide bonds. The Kier molecular flexibility index (Phi) is 4.72. The first-order valence-electron chi connectivity index (χ1n) is 10.5. The molecule has 3 heteroatoms. The zero-order chi connectivity index (χ0) is 21.7. The van der Waals surface area contributed by atoms with Crippen molar-refractivity contribution in [2.45, 2.75) is 15.4 Å². The molecule has 1 aliphatic heterocycles. The molecule has 0 saturated carbocycles. The highest BCUT2D eigenvalue weighted by Crippen LogP contribution is 2.53. The van der Waals surface area contributed by atoms with Gasteiger partial charge in [0.2, 0.25) is 0 Å². The number of hydrogen-bond acceptors (Lipinski definition) is 2. The van der Waals surface area contributed by atoms with Crippen molar-refractivity contribution in [3.63, 3.8) is 0 Å². The average molecular weight is 495 g/mol. The average Bonchev–Trinajstić information content (AvgIpc) is 2.84. The molecule has 6 rings (SSSR count). The molecule has 1 nitrogen and oxygen atoms in total. The first-order valence-corrected chi connectivity index (χ1v) is 12.1. The van der Waals surface area contributed by atoms with Crippen LogP contribution in [0.25, 0.3) is 21.9 Å². The number of benzene rings is 5. The van der Waals surface area contributed by atoms with Crippen LogP contribution in [0.5, 0.6) is 0 Å². The van der Waals surface area contributed by atoms with Crippen LogP contribution in [0.4, 0.5) is 0 Å². The van der Waals surface area contributed by atoms with Crippen molar-refractivity contribution in [3.05, 3.63) is 130 Å². The number of rotatable bonds is 2. The van der Waals surface area contributed by atoms with E-state index in [0.29, 0.717) is 0 Å². The van der Waals surface area contributed by atoms with Crippen LogP contribution < -0.4 is 0 Å². The van der Waals surface area contributed by atoms with E-state index < -0.39 is 5.60 Å². The molecule has 0 spiro atoms. The Bertz CT molecular complexity index is 1470. The molecule has 0 fully saturated rings. The van der Waals surface area contributed by atoms with Crippen molar-refractivity contribution in [2.24, 2.45) is 0 Å². The van der Waals surface area contributed by atoms with Crippen LogP contribution >= 0.6 is 27.7 Å². The molecular weight excluding hydrogens is 476 g/mol. The second kappa shape index (κ2) is 7.63. The summed E-state index contributed by atoms with van der Waals surface area (Å²) in [6.07, 6.45) is 0. The van der Waals surface area contributed by atoms with E-state index in [1.54, 1.807) is 11.8 Å². The number of fused-ring (bicyclic) bond motifs is 3. The Morgan fingerprint density at radius 2 is 1.31 bits per heavy atom. The number of halogens is 1. The van der Waals surface area contributed by atoms with E-state index >= 15 is 0 Å². The van der Waals surface area contributed by atoms with Gasteiger partial charge in [0.15, 0.2) is 0 Å². The lowest BCUT2D eigenvalue weighted by atomic mass is 9.77. The van der Waals surface area contributed by atoms with Gasteiger partial charge >= 0.3 is 0 Å². The van der Waals surface area contributed by atoms with Gasteiger partial charge in [0, 0.05) is 31.0 Å². The molecule has 1 N–H and O–H groups in total. The van der Waals surface area contributed by atoms with Gasteiger partial charge in [0.05, 0.1) is 0 Å². The predicted molar refractivity (Wildman–Crippen MR) is 136 cm³/mol. The summed E-state index contributed by atoms with van der Waals surface area (Å²) in [4.78, 5) is 2.14. The lowest BCUT2D eigenvalue weighted by Gasteiger charge is -2.37. The molecule has 5 aromatic carbocycles. The van der Waals surface area contributed by atoms with E-state index in [4.69, 9.17) is 0 Å². The van der Waals surface area contributed by atoms with Crippen LogP contribution in [-0.2, 0) is 5.60 Å². The highest BCUT2D eigenvalue weighted by molar-refractivity contribution is 9.10. The smallest absolute Gasteiger partial charge is 0.143 e. The molecule has 0 bridgehead atoms. The summed E-state index contributed by atoms with van der Waals surface area (Å²) in [5.74, 6) is 0. The fourth-order valence-corrected chi connectivity index (χ4v) is 6.52. The van der Waals surface area contributed by atoms with Crippen LogP contribution in [0.15, 0.2) is 123 Å². The van der Waals surface area contributed by atoms with Gasteiger partial charge in [-0.1, -0.05) is 119 Å². The Morgan fingerprint density at radius 1 is 0.625 bits per heavy atom. The van der Waals surface area contributed by atoms with Crippen LogP contribution in [0.3, 0.4) is 0 Å². The van der Waals surface area contributed by atoms with Crippen molar-refractivity contribution >= 4 is 38.5 Å². The Hall–Kier alpha value is -2.85. The molecule has 1 atom stereocenters. The summed E-state index contributed by atoms with van der Waals surface area (Å²) in [6, 6.07) is 37.4. The third-order valence-corrected chi connectivity index (χ3v) is 7.84. The van der Waals surface area contributed by atoms with Gasteiger partial charge < -0.3 is 5.11 Å². The van der Waals surface area contributed by atoms with E-state index in [2.05, 4.69) is 88.7 Å². The van der Waals surface area contributed by atoms with E-state index in [9.17, 15) is 5.11 Å². The molecule has 1 aliphatic rings. The topological polar surface area (TPSA) is 20.2 Å². The summed E-state index contributed by atoms with van der Waals surface area (Å²) in [5, 5.41) is 14.9. The highest BCUT2D eigenvalue weighted by Gasteiger charge is 2.42. The largest absolute Gasteiger partial charge is 0.376 e. The molecule has 154 valence electrons. The van der Waals surface area contributed by atoms with Crippen LogP contribution in [0.1, 0.15) is 16.7 Å². The first kappa shape index (κ1) is 19.8. The highest BCUT2D eigenvalue weighted by atomic mass is 79.9. The summed E-state index contributed by atoms with van der Waals surface area (Å²) in [6.45, 7) is 0. The van der Waals surface area contributed by atoms with Crippen LogP contribution in [-0.4, -0.2) is 5.11 Å². The van der Waals surface area contributed by atoms with E-state index in [0.717, 1.165) is 52.9 Å². The molecule has 1 heterocycles. The monoisotopic (exact) mass is 494 g/mol. The van der Waals surface area contributed by atoms with Gasteiger partial charge in [-0.15, -0.1) is 0 Å². The third kappa shape index (κ3) is 2.96. The van der Waals surface area contributed by atoms with E-state index in [1.165, 1.54) is 0 Å². The standard InChI is InChI=1S/C29H19BrOS/c30-21-16-17-24-27(18-21)32-26-15-5-4-13-23(26)29(24,31)25-14-7-11-20-10-6-12-22(28(20)25)19-8-2-1-3-9-19/h1-18,31H. The maximum Gasteiger partial charge on any atom is 0.143 e. The maximum atomic E-state index is 12.7. The van der Waals surface area contributed by atoms with Gasteiger partial charge in [0.1, 0.15) is 5.60 Å². The van der Waals surface area contributed by atoms with E-state index in [-0.39, 0.29) is 0 Å². The van der Waals surface area contributed by atoms with E-state index in [1.807, 2.05) is 36.4 Å². The Labute approximate surface area is 199 Å². The molecule has 0 radical (unpaired) electrons. The lowest BCUT2D eigenvalue weighted by Crippen LogP contribution is -2.32. The van der Waals surface area contributed by atoms with Crippen LogP contribution in [0.2, 0.25) is 0 Å². The molecule has 0 saturated heterocycles. The fraction of sp³-hybridized carbons (Fsp3) is 0.0345. The zero-order valence-electron chi connectivity index (χ0n) is 17.1.